The summed E-state index contributed by atoms with van der Waals surface area (Å²) in [6.45, 7) is 10.7. The van der Waals surface area contributed by atoms with Crippen LogP contribution in [0.15, 0.2) is 18.6 Å². The standard InChI is InChI=1S/C26H35N7O4/c1-25(2,3)20(32-22(35)17-12-28-8-9-29-17)24(37)33-13-16-18(26(16,4)5)19(33)23(36)31-15(11-27)10-14-6-7-30-21(14)34/h8-9,12,14-16,18-20H,6-7,10,13H2,1-5H3,(H,30,34)(H,31,36)(H,32,35). The minimum absolute atomic E-state index is 0.0538. The van der Waals surface area contributed by atoms with Gasteiger partial charge in [0.15, 0.2) is 0 Å². The molecule has 4 rings (SSSR count). The minimum Gasteiger partial charge on any atom is -0.356 e. The molecule has 3 N–H and O–H groups in total. The molecule has 0 spiro atoms. The van der Waals surface area contributed by atoms with Crippen molar-refractivity contribution < 1.29 is 19.2 Å². The molecule has 198 valence electrons. The predicted molar refractivity (Wildman–Crippen MR) is 132 cm³/mol. The van der Waals surface area contributed by atoms with E-state index in [1.807, 2.05) is 20.8 Å². The van der Waals surface area contributed by atoms with Gasteiger partial charge in [-0.2, -0.15) is 5.26 Å². The zero-order chi connectivity index (χ0) is 27.1. The number of carbonyl (C=O) groups excluding carboxylic acids is 4. The fourth-order valence-corrected chi connectivity index (χ4v) is 5.80. The molecule has 3 aliphatic rings. The number of nitrogens with one attached hydrogen (secondary N) is 3. The Bertz CT molecular complexity index is 1120. The van der Waals surface area contributed by atoms with Gasteiger partial charge in [0.05, 0.1) is 12.3 Å². The largest absolute Gasteiger partial charge is 0.356 e. The molecule has 4 amide bonds. The SMILES string of the molecule is CC(C)(C)C(NC(=O)c1cnccn1)C(=O)N1CC2C(C1C(=O)NC(C#N)CC1CCNC1=O)C2(C)C. The first-order chi connectivity index (χ1) is 17.4. The van der Waals surface area contributed by atoms with Crippen LogP contribution in [0.4, 0.5) is 0 Å². The van der Waals surface area contributed by atoms with E-state index in [1.165, 1.54) is 18.6 Å². The predicted octanol–water partition coefficient (Wildman–Crippen LogP) is 0.639. The second-order valence-corrected chi connectivity index (χ2v) is 12.0. The number of hydrogen-bond acceptors (Lipinski definition) is 7. The van der Waals surface area contributed by atoms with Crippen LogP contribution in [-0.4, -0.2) is 69.7 Å². The molecular weight excluding hydrogens is 474 g/mol. The maximum Gasteiger partial charge on any atom is 0.272 e. The lowest BCUT2D eigenvalue weighted by atomic mass is 9.85. The number of carbonyl (C=O) groups is 4. The van der Waals surface area contributed by atoms with E-state index in [-0.39, 0.29) is 47.1 Å². The second-order valence-electron chi connectivity index (χ2n) is 12.0. The van der Waals surface area contributed by atoms with Crippen molar-refractivity contribution >= 4 is 23.6 Å². The number of amides is 4. The van der Waals surface area contributed by atoms with Crippen molar-refractivity contribution in [3.8, 4) is 6.07 Å². The third kappa shape index (κ3) is 5.15. The average Bonchev–Trinajstić information content (AvgIpc) is 3.20. The van der Waals surface area contributed by atoms with Gasteiger partial charge in [-0.3, -0.25) is 24.2 Å². The molecule has 37 heavy (non-hydrogen) atoms. The monoisotopic (exact) mass is 509 g/mol. The lowest BCUT2D eigenvalue weighted by molar-refractivity contribution is -0.143. The summed E-state index contributed by atoms with van der Waals surface area (Å²) in [5, 5.41) is 18.0. The van der Waals surface area contributed by atoms with Gasteiger partial charge in [-0.25, -0.2) is 4.98 Å². The van der Waals surface area contributed by atoms with E-state index < -0.39 is 35.4 Å². The van der Waals surface area contributed by atoms with Crippen molar-refractivity contribution in [1.82, 2.24) is 30.8 Å². The molecule has 0 aromatic carbocycles. The number of nitriles is 1. The third-order valence-corrected chi connectivity index (χ3v) is 8.10. The first-order valence-corrected chi connectivity index (χ1v) is 12.7. The summed E-state index contributed by atoms with van der Waals surface area (Å²) >= 11 is 0. The Hall–Kier alpha value is -3.55. The van der Waals surface area contributed by atoms with Gasteiger partial charge in [0.25, 0.3) is 5.91 Å². The Kier molecular flexibility index (Phi) is 6.97. The van der Waals surface area contributed by atoms with Crippen LogP contribution in [0.25, 0.3) is 0 Å². The van der Waals surface area contributed by atoms with Crippen molar-refractivity contribution in [2.45, 2.75) is 65.6 Å². The van der Waals surface area contributed by atoms with Crippen LogP contribution in [0.1, 0.15) is 57.9 Å². The average molecular weight is 510 g/mol. The van der Waals surface area contributed by atoms with Crippen molar-refractivity contribution in [3.63, 3.8) is 0 Å². The molecule has 2 aliphatic heterocycles. The van der Waals surface area contributed by atoms with E-state index in [4.69, 9.17) is 0 Å². The topological polar surface area (TPSA) is 157 Å². The Morgan fingerprint density at radius 2 is 2.00 bits per heavy atom. The van der Waals surface area contributed by atoms with Crippen LogP contribution in [-0.2, 0) is 14.4 Å². The molecule has 1 aliphatic carbocycles. The summed E-state index contributed by atoms with van der Waals surface area (Å²) < 4.78 is 0. The van der Waals surface area contributed by atoms with Crippen LogP contribution in [0, 0.1) is 39.9 Å². The van der Waals surface area contributed by atoms with Crippen molar-refractivity contribution in [1.29, 1.82) is 5.26 Å². The van der Waals surface area contributed by atoms with E-state index in [9.17, 15) is 24.4 Å². The molecule has 0 radical (unpaired) electrons. The Labute approximate surface area is 216 Å². The highest BCUT2D eigenvalue weighted by atomic mass is 16.2. The quantitative estimate of drug-likeness (QED) is 0.487. The molecule has 1 aromatic rings. The normalized spacial score (nSPS) is 27.4. The summed E-state index contributed by atoms with van der Waals surface area (Å²) in [7, 11) is 0. The number of rotatable bonds is 7. The summed E-state index contributed by atoms with van der Waals surface area (Å²) in [6, 6.07) is -0.411. The van der Waals surface area contributed by atoms with Crippen molar-refractivity contribution in [2.75, 3.05) is 13.1 Å². The van der Waals surface area contributed by atoms with E-state index in [0.717, 1.165) is 0 Å². The summed E-state index contributed by atoms with van der Waals surface area (Å²) in [4.78, 5) is 61.8. The summed E-state index contributed by atoms with van der Waals surface area (Å²) in [5.74, 6) is -1.61. The Balaban J connectivity index is 1.53. The number of hydrogen-bond donors (Lipinski definition) is 3. The molecule has 1 saturated carbocycles. The number of piperidine rings is 1. The maximum atomic E-state index is 13.9. The van der Waals surface area contributed by atoms with E-state index in [2.05, 4.69) is 45.8 Å². The molecule has 2 saturated heterocycles. The van der Waals surface area contributed by atoms with E-state index in [1.54, 1.807) is 4.90 Å². The van der Waals surface area contributed by atoms with Gasteiger partial charge >= 0.3 is 0 Å². The first-order valence-electron chi connectivity index (χ1n) is 12.7. The fourth-order valence-electron chi connectivity index (χ4n) is 5.80. The van der Waals surface area contributed by atoms with Crippen LogP contribution in [0.2, 0.25) is 0 Å². The molecule has 11 nitrogen and oxygen atoms in total. The molecule has 0 bridgehead atoms. The number of fused-ring (bicyclic) bond motifs is 1. The van der Waals surface area contributed by atoms with Crippen LogP contribution in [0.5, 0.6) is 0 Å². The Morgan fingerprint density at radius 1 is 1.27 bits per heavy atom. The van der Waals surface area contributed by atoms with Gasteiger partial charge in [0.1, 0.15) is 23.8 Å². The molecule has 1 aromatic heterocycles. The molecule has 6 unspecified atom stereocenters. The second kappa shape index (κ2) is 9.72. The lowest BCUT2D eigenvalue weighted by Gasteiger charge is -2.37. The zero-order valence-corrected chi connectivity index (χ0v) is 21.9. The number of likely N-dealkylation sites (tertiary alicyclic amines) is 1. The smallest absolute Gasteiger partial charge is 0.272 e. The first kappa shape index (κ1) is 26.5. The van der Waals surface area contributed by atoms with E-state index >= 15 is 0 Å². The Morgan fingerprint density at radius 3 is 2.57 bits per heavy atom. The van der Waals surface area contributed by atoms with Gasteiger partial charge in [-0.05, 0) is 35.5 Å². The van der Waals surface area contributed by atoms with Crippen LogP contribution < -0.4 is 16.0 Å². The summed E-state index contributed by atoms with van der Waals surface area (Å²) in [5.41, 5.74) is -0.674. The highest BCUT2D eigenvalue weighted by molar-refractivity contribution is 5.98. The van der Waals surface area contributed by atoms with Gasteiger partial charge in [-0.15, -0.1) is 0 Å². The molecule has 3 fully saturated rings. The van der Waals surface area contributed by atoms with Crippen molar-refractivity contribution in [3.05, 3.63) is 24.3 Å². The molecule has 6 atom stereocenters. The third-order valence-electron chi connectivity index (χ3n) is 8.10. The van der Waals surface area contributed by atoms with Crippen LogP contribution in [0.3, 0.4) is 0 Å². The van der Waals surface area contributed by atoms with Gasteiger partial charge in [0.2, 0.25) is 17.7 Å². The van der Waals surface area contributed by atoms with Crippen LogP contribution >= 0.6 is 0 Å². The highest BCUT2D eigenvalue weighted by Crippen LogP contribution is 2.65. The maximum absolute atomic E-state index is 13.9. The zero-order valence-electron chi connectivity index (χ0n) is 21.9. The summed E-state index contributed by atoms with van der Waals surface area (Å²) in [6.07, 6.45) is 5.04. The van der Waals surface area contributed by atoms with Gasteiger partial charge in [-0.1, -0.05) is 34.6 Å². The molecule has 11 heteroatoms. The van der Waals surface area contributed by atoms with E-state index in [0.29, 0.717) is 19.5 Å². The van der Waals surface area contributed by atoms with Crippen molar-refractivity contribution in [2.24, 2.45) is 28.6 Å². The minimum atomic E-state index is -0.910. The lowest BCUT2D eigenvalue weighted by Crippen LogP contribution is -2.59. The number of nitrogens with zero attached hydrogens (tertiary/aromatic N) is 4. The van der Waals surface area contributed by atoms with Gasteiger partial charge in [0, 0.05) is 31.4 Å². The molecular formula is C26H35N7O4. The highest BCUT2D eigenvalue weighted by Gasteiger charge is 2.69. The van der Waals surface area contributed by atoms with Gasteiger partial charge < -0.3 is 20.9 Å². The molecule has 3 heterocycles. The fraction of sp³-hybridized carbons (Fsp3) is 0.654. The number of aromatic nitrogens is 2.